The maximum atomic E-state index is 12.8. The normalized spacial score (nSPS) is 11.8. The summed E-state index contributed by atoms with van der Waals surface area (Å²) in [5, 5.41) is 24.1. The molecule has 2 aromatic heterocycles. The van der Waals surface area contributed by atoms with Gasteiger partial charge in [0.25, 0.3) is 11.5 Å². The van der Waals surface area contributed by atoms with Crippen LogP contribution in [0.25, 0.3) is 16.9 Å². The molecule has 27 heavy (non-hydrogen) atoms. The van der Waals surface area contributed by atoms with Crippen molar-refractivity contribution in [2.45, 2.75) is 13.0 Å². The van der Waals surface area contributed by atoms with Gasteiger partial charge in [0.15, 0.2) is 0 Å². The quantitative estimate of drug-likeness (QED) is 0.688. The minimum atomic E-state index is -0.608. The number of aliphatic hydroxyl groups excluding tert-OH is 1. The Hall–Kier alpha value is -3.10. The van der Waals surface area contributed by atoms with E-state index >= 15 is 0 Å². The molecule has 0 bridgehead atoms. The van der Waals surface area contributed by atoms with E-state index in [1.807, 2.05) is 0 Å². The van der Waals surface area contributed by atoms with E-state index < -0.39 is 17.5 Å². The van der Waals surface area contributed by atoms with E-state index in [1.165, 1.54) is 18.5 Å². The Morgan fingerprint density at radius 2 is 2.00 bits per heavy atom. The number of nitrogens with zero attached hydrogens (tertiary/aromatic N) is 4. The topological polar surface area (TPSA) is 110 Å². The zero-order valence-corrected chi connectivity index (χ0v) is 15.1. The standard InChI is InChI=1S/C18H16ClN5O3/c1-11(10-25)22-17(26)15-8-16(12-2-4-13(19)5-3-12)23-24(18(15)27)14-6-7-20-21-9-14/h2-9,11,25H,10H2,1H3,(H,22,26)/t11-/m0/s1. The fraction of sp³-hybridized carbons (Fsp3) is 0.167. The van der Waals surface area contributed by atoms with Crippen molar-refractivity contribution < 1.29 is 9.90 Å². The molecule has 0 aliphatic heterocycles. The number of hydrogen-bond donors (Lipinski definition) is 2. The van der Waals surface area contributed by atoms with E-state index in [0.29, 0.717) is 22.0 Å². The van der Waals surface area contributed by atoms with Crippen molar-refractivity contribution in [3.8, 4) is 16.9 Å². The second-order valence-corrected chi connectivity index (χ2v) is 6.26. The summed E-state index contributed by atoms with van der Waals surface area (Å²) in [6.07, 6.45) is 2.80. The molecule has 0 unspecified atom stereocenters. The van der Waals surface area contributed by atoms with Crippen molar-refractivity contribution in [2.75, 3.05) is 6.61 Å². The van der Waals surface area contributed by atoms with Gasteiger partial charge < -0.3 is 10.4 Å². The fourth-order valence-corrected chi connectivity index (χ4v) is 2.48. The van der Waals surface area contributed by atoms with Crippen molar-refractivity contribution in [1.29, 1.82) is 0 Å². The summed E-state index contributed by atoms with van der Waals surface area (Å²) in [5.74, 6) is -0.602. The average Bonchev–Trinajstić information content (AvgIpc) is 2.69. The van der Waals surface area contributed by atoms with E-state index in [0.717, 1.165) is 4.68 Å². The van der Waals surface area contributed by atoms with Crippen LogP contribution in [0, 0.1) is 0 Å². The summed E-state index contributed by atoms with van der Waals surface area (Å²) in [5.41, 5.74) is 0.745. The molecule has 2 heterocycles. The van der Waals surface area contributed by atoms with Gasteiger partial charge in [-0.1, -0.05) is 23.7 Å². The van der Waals surface area contributed by atoms with E-state index in [1.54, 1.807) is 37.3 Å². The smallest absolute Gasteiger partial charge is 0.284 e. The first kappa shape index (κ1) is 18.7. The van der Waals surface area contributed by atoms with Gasteiger partial charge in [0, 0.05) is 16.6 Å². The fourth-order valence-electron chi connectivity index (χ4n) is 2.35. The first-order valence-corrected chi connectivity index (χ1v) is 8.46. The average molecular weight is 386 g/mol. The van der Waals surface area contributed by atoms with Crippen molar-refractivity contribution in [2.24, 2.45) is 0 Å². The second kappa shape index (κ2) is 8.07. The molecule has 2 N–H and O–H groups in total. The molecule has 9 heteroatoms. The number of aromatic nitrogens is 4. The number of benzene rings is 1. The summed E-state index contributed by atoms with van der Waals surface area (Å²) in [6.45, 7) is 1.38. The predicted molar refractivity (Wildman–Crippen MR) is 99.9 cm³/mol. The molecule has 138 valence electrons. The van der Waals surface area contributed by atoms with Crippen LogP contribution in [0.4, 0.5) is 0 Å². The van der Waals surface area contributed by atoms with E-state index in [4.69, 9.17) is 16.7 Å². The van der Waals surface area contributed by atoms with Crippen LogP contribution in [0.15, 0.2) is 53.6 Å². The maximum Gasteiger partial charge on any atom is 0.284 e. The third kappa shape index (κ3) is 4.18. The maximum absolute atomic E-state index is 12.8. The number of carbonyl (C=O) groups is 1. The largest absolute Gasteiger partial charge is 0.394 e. The van der Waals surface area contributed by atoms with Gasteiger partial charge in [-0.2, -0.15) is 20.0 Å². The molecule has 0 saturated carbocycles. The van der Waals surface area contributed by atoms with Gasteiger partial charge in [-0.15, -0.1) is 0 Å². The van der Waals surface area contributed by atoms with E-state index in [9.17, 15) is 9.59 Å². The molecule has 3 rings (SSSR count). The molecule has 1 atom stereocenters. The van der Waals surface area contributed by atoms with Crippen molar-refractivity contribution in [3.05, 3.63) is 69.7 Å². The first-order valence-electron chi connectivity index (χ1n) is 8.08. The third-order valence-corrected chi connectivity index (χ3v) is 4.01. The molecule has 0 radical (unpaired) electrons. The Morgan fingerprint density at radius 1 is 1.26 bits per heavy atom. The highest BCUT2D eigenvalue weighted by molar-refractivity contribution is 6.30. The van der Waals surface area contributed by atoms with E-state index in [-0.39, 0.29) is 12.2 Å². The molecule has 0 fully saturated rings. The third-order valence-electron chi connectivity index (χ3n) is 3.76. The van der Waals surface area contributed by atoms with Crippen LogP contribution in [0.2, 0.25) is 5.02 Å². The van der Waals surface area contributed by atoms with Crippen LogP contribution in [-0.4, -0.2) is 43.6 Å². The molecular formula is C18H16ClN5O3. The number of rotatable bonds is 5. The van der Waals surface area contributed by atoms with Crippen LogP contribution in [0.5, 0.6) is 0 Å². The minimum absolute atomic E-state index is 0.105. The van der Waals surface area contributed by atoms with Gasteiger partial charge in [-0.3, -0.25) is 9.59 Å². The van der Waals surface area contributed by atoms with Crippen molar-refractivity contribution in [3.63, 3.8) is 0 Å². The summed E-state index contributed by atoms with van der Waals surface area (Å²) < 4.78 is 1.09. The molecule has 8 nitrogen and oxygen atoms in total. The van der Waals surface area contributed by atoms with Crippen LogP contribution in [0.3, 0.4) is 0 Å². The van der Waals surface area contributed by atoms with Crippen LogP contribution < -0.4 is 10.9 Å². The Morgan fingerprint density at radius 3 is 2.63 bits per heavy atom. The lowest BCUT2D eigenvalue weighted by atomic mass is 10.1. The summed E-state index contributed by atoms with van der Waals surface area (Å²) in [7, 11) is 0. The molecule has 3 aromatic rings. The lowest BCUT2D eigenvalue weighted by molar-refractivity contribution is 0.0920. The summed E-state index contributed by atoms with van der Waals surface area (Å²) >= 11 is 5.93. The van der Waals surface area contributed by atoms with Gasteiger partial charge in [0.1, 0.15) is 5.56 Å². The highest BCUT2D eigenvalue weighted by Gasteiger charge is 2.19. The highest BCUT2D eigenvalue weighted by Crippen LogP contribution is 2.20. The van der Waals surface area contributed by atoms with Gasteiger partial charge >= 0.3 is 0 Å². The molecule has 0 spiro atoms. The zero-order valence-electron chi connectivity index (χ0n) is 14.3. The molecule has 0 aliphatic rings. The number of hydrogen-bond acceptors (Lipinski definition) is 6. The second-order valence-electron chi connectivity index (χ2n) is 5.82. The Balaban J connectivity index is 2.17. The molecular weight excluding hydrogens is 370 g/mol. The molecule has 0 aliphatic carbocycles. The van der Waals surface area contributed by atoms with Gasteiger partial charge in [0.2, 0.25) is 0 Å². The van der Waals surface area contributed by atoms with Gasteiger partial charge in [0.05, 0.1) is 30.4 Å². The van der Waals surface area contributed by atoms with Gasteiger partial charge in [-0.25, -0.2) is 0 Å². The van der Waals surface area contributed by atoms with Crippen LogP contribution in [-0.2, 0) is 0 Å². The number of amides is 1. The van der Waals surface area contributed by atoms with Crippen LogP contribution >= 0.6 is 11.6 Å². The highest BCUT2D eigenvalue weighted by atomic mass is 35.5. The first-order chi connectivity index (χ1) is 13.0. The Kier molecular flexibility index (Phi) is 5.58. The molecule has 1 aromatic carbocycles. The number of halogens is 1. The Labute approximate surface area is 159 Å². The lowest BCUT2D eigenvalue weighted by Gasteiger charge is -2.13. The monoisotopic (exact) mass is 385 g/mol. The van der Waals surface area contributed by atoms with E-state index in [2.05, 4.69) is 20.6 Å². The Bertz CT molecular complexity index is 1010. The number of carbonyl (C=O) groups excluding carboxylic acids is 1. The number of aliphatic hydroxyl groups is 1. The summed E-state index contributed by atoms with van der Waals surface area (Å²) in [6, 6.07) is 9.33. The van der Waals surface area contributed by atoms with Gasteiger partial charge in [-0.05, 0) is 31.2 Å². The van der Waals surface area contributed by atoms with Crippen molar-refractivity contribution >= 4 is 17.5 Å². The SMILES string of the molecule is C[C@@H](CO)NC(=O)c1cc(-c2ccc(Cl)cc2)nn(-c2ccnnc2)c1=O. The minimum Gasteiger partial charge on any atom is -0.394 e. The zero-order chi connectivity index (χ0) is 19.4. The lowest BCUT2D eigenvalue weighted by Crippen LogP contribution is -2.39. The molecule has 0 saturated heterocycles. The van der Waals surface area contributed by atoms with Crippen molar-refractivity contribution in [1.82, 2.24) is 25.3 Å². The molecule has 1 amide bonds. The van der Waals surface area contributed by atoms with Crippen LogP contribution in [0.1, 0.15) is 17.3 Å². The number of nitrogens with one attached hydrogen (secondary N) is 1. The predicted octanol–water partition coefficient (Wildman–Crippen LogP) is 1.45. The summed E-state index contributed by atoms with van der Waals surface area (Å²) in [4.78, 5) is 25.4.